The Morgan fingerprint density at radius 2 is 1.95 bits per heavy atom. The van der Waals surface area contributed by atoms with E-state index in [2.05, 4.69) is 0 Å². The van der Waals surface area contributed by atoms with Crippen LogP contribution in [0.1, 0.15) is 12.5 Å². The highest BCUT2D eigenvalue weighted by atomic mass is 32.2. The predicted octanol–water partition coefficient (Wildman–Crippen LogP) is 1.39. The van der Waals surface area contributed by atoms with Crippen molar-refractivity contribution in [3.63, 3.8) is 0 Å². The highest BCUT2D eigenvalue weighted by molar-refractivity contribution is 7.91. The van der Waals surface area contributed by atoms with Gasteiger partial charge < -0.3 is 9.47 Å². The lowest BCUT2D eigenvalue weighted by Gasteiger charge is -2.06. The van der Waals surface area contributed by atoms with Gasteiger partial charge in [0.2, 0.25) is 0 Å². The molecule has 0 fully saturated rings. The van der Waals surface area contributed by atoms with Crippen LogP contribution < -0.4 is 0 Å². The van der Waals surface area contributed by atoms with Crippen LogP contribution in [0, 0.1) is 11.3 Å². The fraction of sp³-hybridized carbons (Fsp3) is 0.462. The van der Waals surface area contributed by atoms with E-state index in [0.717, 1.165) is 0 Å². The van der Waals surface area contributed by atoms with E-state index in [-0.39, 0.29) is 17.3 Å². The van der Waals surface area contributed by atoms with Gasteiger partial charge in [0.05, 0.1) is 42.1 Å². The molecule has 0 saturated carbocycles. The normalized spacial score (nSPS) is 11.2. The molecule has 1 rings (SSSR count). The summed E-state index contributed by atoms with van der Waals surface area (Å²) < 4.78 is 34.2. The summed E-state index contributed by atoms with van der Waals surface area (Å²) in [5.74, 6) is -0.103. The molecule has 104 valence electrons. The second kappa shape index (κ2) is 7.89. The standard InChI is InChI=1S/C13H17NO4S/c1-2-17-6-7-18-8-9-19(15,16)13-5-3-4-12(10-13)11-14/h3-5,10H,2,6-9H2,1H3. The molecule has 0 aliphatic rings. The monoisotopic (exact) mass is 283 g/mol. The molecule has 19 heavy (non-hydrogen) atoms. The zero-order valence-electron chi connectivity index (χ0n) is 10.8. The molecule has 1 aromatic carbocycles. The first-order chi connectivity index (χ1) is 9.10. The number of hydrogen-bond acceptors (Lipinski definition) is 5. The number of nitriles is 1. The first kappa shape index (κ1) is 15.6. The summed E-state index contributed by atoms with van der Waals surface area (Å²) in [5, 5.41) is 8.74. The minimum absolute atomic E-state index is 0.103. The van der Waals surface area contributed by atoms with Gasteiger partial charge >= 0.3 is 0 Å². The highest BCUT2D eigenvalue weighted by Gasteiger charge is 2.14. The molecule has 5 nitrogen and oxygen atoms in total. The van der Waals surface area contributed by atoms with Crippen LogP contribution in [0.3, 0.4) is 0 Å². The van der Waals surface area contributed by atoms with Crippen LogP contribution in [0.15, 0.2) is 29.2 Å². The SMILES string of the molecule is CCOCCOCCS(=O)(=O)c1cccc(C#N)c1. The molecule has 0 aromatic heterocycles. The minimum atomic E-state index is -3.40. The van der Waals surface area contributed by atoms with Gasteiger partial charge in [0.15, 0.2) is 9.84 Å². The van der Waals surface area contributed by atoms with Gasteiger partial charge in [-0.05, 0) is 25.1 Å². The van der Waals surface area contributed by atoms with Crippen molar-refractivity contribution in [2.45, 2.75) is 11.8 Å². The van der Waals surface area contributed by atoms with Crippen molar-refractivity contribution >= 4 is 9.84 Å². The van der Waals surface area contributed by atoms with Crippen molar-refractivity contribution in [3.8, 4) is 6.07 Å². The van der Waals surface area contributed by atoms with Crippen molar-refractivity contribution in [2.24, 2.45) is 0 Å². The summed E-state index contributed by atoms with van der Waals surface area (Å²) in [4.78, 5) is 0.153. The predicted molar refractivity (Wildman–Crippen MR) is 70.5 cm³/mol. The average Bonchev–Trinajstić information content (AvgIpc) is 2.43. The third-order valence-corrected chi connectivity index (χ3v) is 4.07. The van der Waals surface area contributed by atoms with Crippen molar-refractivity contribution in [2.75, 3.05) is 32.2 Å². The quantitative estimate of drug-likeness (QED) is 0.674. The summed E-state index contributed by atoms with van der Waals surface area (Å²) in [7, 11) is -3.40. The lowest BCUT2D eigenvalue weighted by Crippen LogP contribution is -2.14. The Morgan fingerprint density at radius 1 is 1.21 bits per heavy atom. The van der Waals surface area contributed by atoms with Gasteiger partial charge in [-0.3, -0.25) is 0 Å². The lowest BCUT2D eigenvalue weighted by molar-refractivity contribution is 0.0590. The van der Waals surface area contributed by atoms with E-state index in [1.807, 2.05) is 13.0 Å². The van der Waals surface area contributed by atoms with Crippen LogP contribution in [0.5, 0.6) is 0 Å². The Labute approximate surface area is 113 Å². The Bertz CT molecular complexity index is 534. The Balaban J connectivity index is 2.49. The third-order valence-electron chi connectivity index (χ3n) is 2.39. The fourth-order valence-corrected chi connectivity index (χ4v) is 2.58. The molecule has 0 unspecified atom stereocenters. The van der Waals surface area contributed by atoms with Crippen molar-refractivity contribution in [1.29, 1.82) is 5.26 Å². The van der Waals surface area contributed by atoms with E-state index in [4.69, 9.17) is 14.7 Å². The number of nitrogens with zero attached hydrogens (tertiary/aromatic N) is 1. The summed E-state index contributed by atoms with van der Waals surface area (Å²) in [6.45, 7) is 3.45. The molecule has 1 aromatic rings. The zero-order chi connectivity index (χ0) is 14.1. The van der Waals surface area contributed by atoms with Gasteiger partial charge in [-0.2, -0.15) is 5.26 Å². The molecule has 0 bridgehead atoms. The van der Waals surface area contributed by atoms with Crippen molar-refractivity contribution in [3.05, 3.63) is 29.8 Å². The number of ether oxygens (including phenoxy) is 2. The molecular formula is C13H17NO4S. The molecule has 0 N–H and O–H groups in total. The van der Waals surface area contributed by atoms with Crippen LogP contribution in [-0.2, 0) is 19.3 Å². The van der Waals surface area contributed by atoms with Gasteiger partial charge in [-0.15, -0.1) is 0 Å². The van der Waals surface area contributed by atoms with Crippen LogP contribution in [0.25, 0.3) is 0 Å². The molecular weight excluding hydrogens is 266 g/mol. The summed E-state index contributed by atoms with van der Waals surface area (Å²) >= 11 is 0. The third kappa shape index (κ3) is 5.39. The number of rotatable bonds is 8. The molecule has 0 saturated heterocycles. The van der Waals surface area contributed by atoms with Crippen LogP contribution in [0.4, 0.5) is 0 Å². The second-order valence-electron chi connectivity index (χ2n) is 3.77. The number of sulfone groups is 1. The summed E-state index contributed by atoms with van der Waals surface area (Å²) in [6, 6.07) is 7.89. The highest BCUT2D eigenvalue weighted by Crippen LogP contribution is 2.12. The van der Waals surface area contributed by atoms with E-state index in [9.17, 15) is 8.42 Å². The largest absolute Gasteiger partial charge is 0.379 e. The Morgan fingerprint density at radius 3 is 2.63 bits per heavy atom. The minimum Gasteiger partial charge on any atom is -0.379 e. The van der Waals surface area contributed by atoms with E-state index < -0.39 is 9.84 Å². The van der Waals surface area contributed by atoms with Crippen molar-refractivity contribution < 1.29 is 17.9 Å². The maximum atomic E-state index is 12.0. The van der Waals surface area contributed by atoms with Gasteiger partial charge in [0.25, 0.3) is 0 Å². The lowest BCUT2D eigenvalue weighted by atomic mass is 10.2. The summed E-state index contributed by atoms with van der Waals surface area (Å²) in [5.41, 5.74) is 0.332. The summed E-state index contributed by atoms with van der Waals surface area (Å²) in [6.07, 6.45) is 0. The Hall–Kier alpha value is -1.42. The average molecular weight is 283 g/mol. The molecule has 0 heterocycles. The molecule has 0 aliphatic carbocycles. The van der Waals surface area contributed by atoms with Crippen LogP contribution in [-0.4, -0.2) is 40.6 Å². The molecule has 0 amide bonds. The molecule has 0 radical (unpaired) electrons. The molecule has 0 spiro atoms. The van der Waals surface area contributed by atoms with Crippen molar-refractivity contribution in [1.82, 2.24) is 0 Å². The van der Waals surface area contributed by atoms with Gasteiger partial charge in [-0.1, -0.05) is 6.07 Å². The first-order valence-corrected chi connectivity index (χ1v) is 7.64. The van der Waals surface area contributed by atoms with E-state index in [0.29, 0.717) is 25.4 Å². The smallest absolute Gasteiger partial charge is 0.180 e. The second-order valence-corrected chi connectivity index (χ2v) is 5.88. The van der Waals surface area contributed by atoms with E-state index in [1.54, 1.807) is 12.1 Å². The van der Waals surface area contributed by atoms with Gasteiger partial charge in [0.1, 0.15) is 0 Å². The van der Waals surface area contributed by atoms with E-state index in [1.165, 1.54) is 12.1 Å². The van der Waals surface area contributed by atoms with E-state index >= 15 is 0 Å². The fourth-order valence-electron chi connectivity index (χ4n) is 1.41. The molecule has 0 atom stereocenters. The zero-order valence-corrected chi connectivity index (χ0v) is 11.6. The maximum absolute atomic E-state index is 12.0. The van der Waals surface area contributed by atoms with Crippen LogP contribution >= 0.6 is 0 Å². The maximum Gasteiger partial charge on any atom is 0.180 e. The first-order valence-electron chi connectivity index (χ1n) is 5.98. The number of benzene rings is 1. The Kier molecular flexibility index (Phi) is 6.50. The topological polar surface area (TPSA) is 76.4 Å². The number of hydrogen-bond donors (Lipinski definition) is 0. The molecule has 0 aliphatic heterocycles. The molecule has 6 heteroatoms. The van der Waals surface area contributed by atoms with Crippen LogP contribution in [0.2, 0.25) is 0 Å². The van der Waals surface area contributed by atoms with Gasteiger partial charge in [0, 0.05) is 6.61 Å². The van der Waals surface area contributed by atoms with Gasteiger partial charge in [-0.25, -0.2) is 8.42 Å².